The van der Waals surface area contributed by atoms with Crippen LogP contribution < -0.4 is 5.32 Å². The van der Waals surface area contributed by atoms with E-state index in [-0.39, 0.29) is 0 Å². The summed E-state index contributed by atoms with van der Waals surface area (Å²) in [6.45, 7) is 1.10. The third-order valence-corrected chi connectivity index (χ3v) is 3.62. The average Bonchev–Trinajstić information content (AvgIpc) is 2.30. The zero-order valence-corrected chi connectivity index (χ0v) is 10.8. The first-order chi connectivity index (χ1) is 7.83. The minimum Gasteiger partial charge on any atom is -0.319 e. The maximum Gasteiger partial charge on any atom is 0.138 e. The van der Waals surface area contributed by atoms with Crippen LogP contribution in [0, 0.1) is 5.92 Å². The van der Waals surface area contributed by atoms with Gasteiger partial charge in [0.2, 0.25) is 0 Å². The first kappa shape index (κ1) is 11.9. The van der Waals surface area contributed by atoms with Crippen molar-refractivity contribution in [3.8, 4) is 0 Å². The van der Waals surface area contributed by atoms with E-state index >= 15 is 0 Å². The Morgan fingerprint density at radius 2 is 2.44 bits per heavy atom. The number of hydrogen-bond acceptors (Lipinski definition) is 4. The van der Waals surface area contributed by atoms with Crippen molar-refractivity contribution in [1.29, 1.82) is 0 Å². The topological polar surface area (TPSA) is 37.8 Å². The van der Waals surface area contributed by atoms with E-state index in [2.05, 4.69) is 21.5 Å². The van der Waals surface area contributed by atoms with E-state index in [1.165, 1.54) is 17.7 Å². The molecule has 1 aromatic rings. The fourth-order valence-electron chi connectivity index (χ4n) is 2.29. The van der Waals surface area contributed by atoms with Gasteiger partial charge in [0.1, 0.15) is 5.82 Å². The molecule has 0 saturated heterocycles. The number of nitrogens with one attached hydrogen (secondary N) is 1. The molecule has 1 aromatic heterocycles. The second-order valence-electron chi connectivity index (χ2n) is 4.36. The Morgan fingerprint density at radius 1 is 1.56 bits per heavy atom. The zero-order chi connectivity index (χ0) is 11.4. The average molecular weight is 237 g/mol. The van der Waals surface area contributed by atoms with Crippen molar-refractivity contribution in [2.45, 2.75) is 25.0 Å². The molecule has 2 rings (SSSR count). The summed E-state index contributed by atoms with van der Waals surface area (Å²) in [4.78, 5) is 9.07. The SMILES string of the molecule is CNCC1CCc2nc(CSC)ncc2C1. The van der Waals surface area contributed by atoms with Gasteiger partial charge in [0.15, 0.2) is 0 Å². The maximum atomic E-state index is 4.65. The van der Waals surface area contributed by atoms with E-state index < -0.39 is 0 Å². The number of nitrogens with zero attached hydrogens (tertiary/aromatic N) is 2. The van der Waals surface area contributed by atoms with Crippen LogP contribution in [0.4, 0.5) is 0 Å². The van der Waals surface area contributed by atoms with E-state index in [4.69, 9.17) is 0 Å². The van der Waals surface area contributed by atoms with Gasteiger partial charge < -0.3 is 5.32 Å². The Bertz CT molecular complexity index is 354. The summed E-state index contributed by atoms with van der Waals surface area (Å²) in [5, 5.41) is 3.26. The van der Waals surface area contributed by atoms with Crippen LogP contribution in [0.25, 0.3) is 0 Å². The minimum absolute atomic E-state index is 0.757. The first-order valence-corrected chi connectivity index (χ1v) is 7.20. The fraction of sp³-hybridized carbons (Fsp3) is 0.667. The van der Waals surface area contributed by atoms with Crippen LogP contribution in [0.2, 0.25) is 0 Å². The van der Waals surface area contributed by atoms with Crippen LogP contribution in [-0.2, 0) is 18.6 Å². The Kier molecular flexibility index (Phi) is 4.18. The number of thioether (sulfide) groups is 1. The van der Waals surface area contributed by atoms with Crippen LogP contribution in [0.5, 0.6) is 0 Å². The lowest BCUT2D eigenvalue weighted by Crippen LogP contribution is -2.25. The Labute approximate surface area is 101 Å². The van der Waals surface area contributed by atoms with Gasteiger partial charge in [0, 0.05) is 11.9 Å². The lowest BCUT2D eigenvalue weighted by molar-refractivity contribution is 0.433. The molecule has 1 atom stereocenters. The maximum absolute atomic E-state index is 4.65. The molecule has 0 spiro atoms. The first-order valence-electron chi connectivity index (χ1n) is 5.80. The molecule has 1 aliphatic carbocycles. The van der Waals surface area contributed by atoms with Crippen molar-refractivity contribution in [2.24, 2.45) is 5.92 Å². The predicted molar refractivity (Wildman–Crippen MR) is 68.7 cm³/mol. The van der Waals surface area contributed by atoms with Gasteiger partial charge in [-0.1, -0.05) is 0 Å². The van der Waals surface area contributed by atoms with Gasteiger partial charge in [-0.25, -0.2) is 9.97 Å². The predicted octanol–water partition coefficient (Wildman–Crippen LogP) is 1.66. The Morgan fingerprint density at radius 3 is 3.19 bits per heavy atom. The van der Waals surface area contributed by atoms with E-state index in [9.17, 15) is 0 Å². The molecule has 88 valence electrons. The summed E-state index contributed by atoms with van der Waals surface area (Å²) < 4.78 is 0. The monoisotopic (exact) mass is 237 g/mol. The second-order valence-corrected chi connectivity index (χ2v) is 5.22. The molecule has 0 amide bonds. The lowest BCUT2D eigenvalue weighted by Gasteiger charge is -2.23. The molecular weight excluding hydrogens is 218 g/mol. The molecule has 4 heteroatoms. The van der Waals surface area contributed by atoms with Crippen LogP contribution in [0.1, 0.15) is 23.5 Å². The summed E-state index contributed by atoms with van der Waals surface area (Å²) in [5.74, 6) is 2.67. The van der Waals surface area contributed by atoms with Crippen molar-refractivity contribution in [3.05, 3.63) is 23.3 Å². The van der Waals surface area contributed by atoms with Crippen LogP contribution in [0.15, 0.2) is 6.20 Å². The normalized spacial score (nSPS) is 19.5. The molecule has 0 bridgehead atoms. The van der Waals surface area contributed by atoms with Gasteiger partial charge in [0.25, 0.3) is 0 Å². The molecule has 1 aliphatic rings. The van der Waals surface area contributed by atoms with E-state index in [0.717, 1.165) is 36.9 Å². The van der Waals surface area contributed by atoms with Gasteiger partial charge in [0.05, 0.1) is 5.75 Å². The number of rotatable bonds is 4. The molecule has 0 fully saturated rings. The Balaban J connectivity index is 2.09. The summed E-state index contributed by atoms with van der Waals surface area (Å²) in [5.41, 5.74) is 2.64. The van der Waals surface area contributed by atoms with Crippen molar-refractivity contribution >= 4 is 11.8 Å². The molecule has 0 radical (unpaired) electrons. The molecule has 0 saturated carbocycles. The number of aryl methyl sites for hydroxylation is 1. The molecule has 1 heterocycles. The summed E-state index contributed by atoms with van der Waals surface area (Å²) in [6.07, 6.45) is 7.63. The highest BCUT2D eigenvalue weighted by molar-refractivity contribution is 7.97. The van der Waals surface area contributed by atoms with Crippen LogP contribution in [-0.4, -0.2) is 29.8 Å². The highest BCUT2D eigenvalue weighted by Crippen LogP contribution is 2.23. The fourth-order valence-corrected chi connectivity index (χ4v) is 2.68. The number of fused-ring (bicyclic) bond motifs is 1. The quantitative estimate of drug-likeness (QED) is 0.864. The number of hydrogen-bond donors (Lipinski definition) is 1. The van der Waals surface area contributed by atoms with Crippen molar-refractivity contribution in [3.63, 3.8) is 0 Å². The van der Waals surface area contributed by atoms with Crippen LogP contribution >= 0.6 is 11.8 Å². The lowest BCUT2D eigenvalue weighted by atomic mass is 9.87. The zero-order valence-electron chi connectivity index (χ0n) is 9.99. The summed E-state index contributed by atoms with van der Waals surface area (Å²) in [6, 6.07) is 0. The molecule has 0 aliphatic heterocycles. The molecule has 16 heavy (non-hydrogen) atoms. The van der Waals surface area contributed by atoms with Gasteiger partial charge in [-0.05, 0) is 50.6 Å². The highest BCUT2D eigenvalue weighted by atomic mass is 32.2. The van der Waals surface area contributed by atoms with Gasteiger partial charge in [-0.3, -0.25) is 0 Å². The van der Waals surface area contributed by atoms with Crippen molar-refractivity contribution in [2.75, 3.05) is 19.8 Å². The van der Waals surface area contributed by atoms with E-state index in [1.807, 2.05) is 13.2 Å². The molecule has 0 aromatic carbocycles. The van der Waals surface area contributed by atoms with Crippen LogP contribution in [0.3, 0.4) is 0 Å². The third kappa shape index (κ3) is 2.74. The molecule has 3 nitrogen and oxygen atoms in total. The molecule has 1 N–H and O–H groups in total. The smallest absolute Gasteiger partial charge is 0.138 e. The van der Waals surface area contributed by atoms with E-state index in [1.54, 1.807) is 11.8 Å². The summed E-state index contributed by atoms with van der Waals surface area (Å²) >= 11 is 1.78. The number of aromatic nitrogens is 2. The van der Waals surface area contributed by atoms with Gasteiger partial charge in [-0.15, -0.1) is 0 Å². The Hall–Kier alpha value is -0.610. The standard InChI is InChI=1S/C12H19N3S/c1-13-6-9-3-4-11-10(5-9)7-14-12(15-11)8-16-2/h7,9,13H,3-6,8H2,1-2H3. The van der Waals surface area contributed by atoms with Gasteiger partial charge >= 0.3 is 0 Å². The highest BCUT2D eigenvalue weighted by Gasteiger charge is 2.19. The minimum atomic E-state index is 0.757. The van der Waals surface area contributed by atoms with E-state index in [0.29, 0.717) is 0 Å². The van der Waals surface area contributed by atoms with Crippen molar-refractivity contribution in [1.82, 2.24) is 15.3 Å². The molecular formula is C12H19N3S. The molecule has 1 unspecified atom stereocenters. The van der Waals surface area contributed by atoms with Gasteiger partial charge in [-0.2, -0.15) is 11.8 Å². The van der Waals surface area contributed by atoms with Crippen molar-refractivity contribution < 1.29 is 0 Å². The summed E-state index contributed by atoms with van der Waals surface area (Å²) in [7, 11) is 2.02. The largest absolute Gasteiger partial charge is 0.319 e. The third-order valence-electron chi connectivity index (χ3n) is 3.07. The second kappa shape index (κ2) is 5.64.